The van der Waals surface area contributed by atoms with Gasteiger partial charge in [0.1, 0.15) is 12.2 Å². The first kappa shape index (κ1) is 29.2. The first-order valence-electron chi connectivity index (χ1n) is 13.9. The van der Waals surface area contributed by atoms with Crippen molar-refractivity contribution in [1.82, 2.24) is 20.1 Å². The molecular weight excluding hydrogens is 549 g/mol. The van der Waals surface area contributed by atoms with Crippen molar-refractivity contribution in [3.05, 3.63) is 24.0 Å². The smallest absolute Gasteiger partial charge is 0.389 e. The number of amides is 2. The van der Waals surface area contributed by atoms with Crippen molar-refractivity contribution in [3.63, 3.8) is 0 Å². The standard InChI is InChI=1S/C23H26F5N7O2.C4H8/c24-18(25)21(22(37)3-4-22)5-6-35(20(11-21)1-2-20)19(36)33-16-10-32-34-17(16)15-7-14(13(8-29)9-30-15)31-12-23(26,27)28;1-2-4-3-1/h7-10,18,29,37H,1-6,11-12H2,(H,30,31)(H,32,34)(H,33,36);1-4H2. The van der Waals surface area contributed by atoms with Crippen molar-refractivity contribution in [2.45, 2.75) is 87.9 Å². The number of hydrogen-bond acceptors (Lipinski definition) is 6. The SMILES string of the molecule is C1CCC1.N=Cc1cnc(-c2[nH]ncc2NC(=O)N2CCC(C(F)F)(C3(O)CC3)CC23CC3)cc1NCC(F)(F)F. The molecule has 1 spiro atoms. The van der Waals surface area contributed by atoms with Crippen LogP contribution in [-0.2, 0) is 0 Å². The molecule has 1 unspecified atom stereocenters. The fourth-order valence-corrected chi connectivity index (χ4v) is 5.71. The van der Waals surface area contributed by atoms with E-state index in [4.69, 9.17) is 5.41 Å². The number of nitrogens with zero attached hydrogens (tertiary/aromatic N) is 3. The fourth-order valence-electron chi connectivity index (χ4n) is 5.71. The molecule has 2 aromatic rings. The van der Waals surface area contributed by atoms with Crippen LogP contribution >= 0.6 is 0 Å². The van der Waals surface area contributed by atoms with Crippen LogP contribution in [0.25, 0.3) is 11.4 Å². The molecule has 3 heterocycles. The topological polar surface area (TPSA) is 130 Å². The van der Waals surface area contributed by atoms with Gasteiger partial charge in [0.25, 0.3) is 0 Å². The van der Waals surface area contributed by atoms with E-state index in [1.54, 1.807) is 0 Å². The molecule has 14 heteroatoms. The molecule has 41 heavy (non-hydrogen) atoms. The first-order chi connectivity index (χ1) is 19.4. The Hall–Kier alpha value is -3.29. The summed E-state index contributed by atoms with van der Waals surface area (Å²) < 4.78 is 66.5. The predicted octanol–water partition coefficient (Wildman–Crippen LogP) is 5.94. The van der Waals surface area contributed by atoms with Gasteiger partial charge in [0.15, 0.2) is 0 Å². The molecule has 4 aliphatic rings. The molecule has 1 aliphatic heterocycles. The summed E-state index contributed by atoms with van der Waals surface area (Å²) in [5, 5.41) is 29.7. The van der Waals surface area contributed by atoms with Crippen LogP contribution < -0.4 is 10.6 Å². The van der Waals surface area contributed by atoms with Crippen LogP contribution in [0.15, 0.2) is 18.5 Å². The van der Waals surface area contributed by atoms with Gasteiger partial charge >= 0.3 is 12.2 Å². The first-order valence-corrected chi connectivity index (χ1v) is 13.9. The number of likely N-dealkylation sites (tertiary alicyclic amines) is 1. The van der Waals surface area contributed by atoms with E-state index in [2.05, 4.69) is 25.8 Å². The van der Waals surface area contributed by atoms with E-state index < -0.39 is 41.7 Å². The number of piperidine rings is 1. The summed E-state index contributed by atoms with van der Waals surface area (Å²) in [5.41, 5.74) is -2.87. The average Bonchev–Trinajstić information content (AvgIpc) is 3.78. The Kier molecular flexibility index (Phi) is 7.72. The number of nitrogens with one attached hydrogen (secondary N) is 4. The fraction of sp³-hybridized carbons (Fsp3) is 0.630. The number of halogens is 5. The lowest BCUT2D eigenvalue weighted by atomic mass is 9.68. The number of aromatic amines is 1. The molecule has 224 valence electrons. The minimum atomic E-state index is -4.47. The molecule has 2 aromatic heterocycles. The lowest BCUT2D eigenvalue weighted by Crippen LogP contribution is -2.59. The Balaban J connectivity index is 0.000000777. The second-order valence-corrected chi connectivity index (χ2v) is 11.6. The van der Waals surface area contributed by atoms with Gasteiger partial charge in [0.05, 0.1) is 28.6 Å². The highest BCUT2D eigenvalue weighted by Gasteiger charge is 2.70. The van der Waals surface area contributed by atoms with E-state index in [1.807, 2.05) is 0 Å². The number of H-pyrrole nitrogens is 1. The van der Waals surface area contributed by atoms with E-state index in [0.717, 1.165) is 6.21 Å². The number of rotatable bonds is 7. The molecule has 4 fully saturated rings. The molecule has 0 radical (unpaired) electrons. The Labute approximate surface area is 233 Å². The lowest BCUT2D eigenvalue weighted by Gasteiger charge is -2.49. The van der Waals surface area contributed by atoms with E-state index in [-0.39, 0.29) is 47.7 Å². The van der Waals surface area contributed by atoms with Crippen LogP contribution in [0.3, 0.4) is 0 Å². The normalized spacial score (nSPS) is 23.7. The van der Waals surface area contributed by atoms with Gasteiger partial charge in [0.2, 0.25) is 6.43 Å². The zero-order valence-electron chi connectivity index (χ0n) is 22.5. The molecule has 5 N–H and O–H groups in total. The zero-order valence-corrected chi connectivity index (χ0v) is 22.5. The molecular formula is C27H34F5N7O2. The second kappa shape index (κ2) is 10.8. The highest BCUT2D eigenvalue weighted by Crippen LogP contribution is 2.65. The summed E-state index contributed by atoms with van der Waals surface area (Å²) >= 11 is 0. The third-order valence-electron chi connectivity index (χ3n) is 8.85. The highest BCUT2D eigenvalue weighted by molar-refractivity contribution is 5.94. The van der Waals surface area contributed by atoms with Crippen LogP contribution in [0.2, 0.25) is 0 Å². The van der Waals surface area contributed by atoms with Crippen LogP contribution in [-0.4, -0.2) is 74.3 Å². The van der Waals surface area contributed by atoms with Crippen LogP contribution in [0.1, 0.15) is 69.8 Å². The van der Waals surface area contributed by atoms with Gasteiger partial charge in [-0.3, -0.25) is 10.1 Å². The van der Waals surface area contributed by atoms with Crippen molar-refractivity contribution in [2.24, 2.45) is 5.41 Å². The number of pyridine rings is 1. The van der Waals surface area contributed by atoms with Gasteiger partial charge < -0.3 is 26.0 Å². The molecule has 0 aromatic carbocycles. The molecule has 3 aliphatic carbocycles. The Bertz CT molecular complexity index is 1270. The molecule has 1 atom stereocenters. The third-order valence-corrected chi connectivity index (χ3v) is 8.85. The quantitative estimate of drug-likeness (QED) is 0.204. The van der Waals surface area contributed by atoms with Gasteiger partial charge in [-0.15, -0.1) is 0 Å². The summed E-state index contributed by atoms with van der Waals surface area (Å²) in [5.74, 6) is 0. The van der Waals surface area contributed by atoms with Crippen molar-refractivity contribution in [3.8, 4) is 11.4 Å². The molecule has 9 nitrogen and oxygen atoms in total. The summed E-state index contributed by atoms with van der Waals surface area (Å²) in [6.45, 7) is -1.25. The summed E-state index contributed by atoms with van der Waals surface area (Å²) in [7, 11) is 0. The van der Waals surface area contributed by atoms with Gasteiger partial charge in [-0.1, -0.05) is 25.7 Å². The van der Waals surface area contributed by atoms with Crippen molar-refractivity contribution in [2.75, 3.05) is 23.7 Å². The second-order valence-electron chi connectivity index (χ2n) is 11.6. The number of anilines is 2. The maximum atomic E-state index is 14.2. The number of hydrogen-bond donors (Lipinski definition) is 5. The molecule has 0 bridgehead atoms. The number of urea groups is 1. The molecule has 3 saturated carbocycles. The zero-order chi connectivity index (χ0) is 29.5. The van der Waals surface area contributed by atoms with Crippen molar-refractivity contribution < 1.29 is 31.9 Å². The maximum absolute atomic E-state index is 14.2. The monoisotopic (exact) mass is 583 g/mol. The number of alkyl halides is 5. The third kappa shape index (κ3) is 5.88. The predicted molar refractivity (Wildman–Crippen MR) is 142 cm³/mol. The molecule has 2 amide bonds. The number of aromatic nitrogens is 3. The molecule has 1 saturated heterocycles. The minimum absolute atomic E-state index is 0.0184. The van der Waals surface area contributed by atoms with E-state index in [9.17, 15) is 31.9 Å². The average molecular weight is 584 g/mol. The largest absolute Gasteiger partial charge is 0.405 e. The summed E-state index contributed by atoms with van der Waals surface area (Å²) in [4.78, 5) is 19.0. The van der Waals surface area contributed by atoms with Crippen molar-refractivity contribution in [1.29, 1.82) is 5.41 Å². The summed E-state index contributed by atoms with van der Waals surface area (Å²) in [6.07, 6.45) is 4.05. The Morgan fingerprint density at radius 1 is 1.12 bits per heavy atom. The van der Waals surface area contributed by atoms with Crippen LogP contribution in [0, 0.1) is 10.8 Å². The Morgan fingerprint density at radius 3 is 2.34 bits per heavy atom. The molecule has 6 rings (SSSR count). The van der Waals surface area contributed by atoms with Crippen LogP contribution in [0.5, 0.6) is 0 Å². The minimum Gasteiger partial charge on any atom is -0.389 e. The Morgan fingerprint density at radius 2 is 1.80 bits per heavy atom. The van der Waals surface area contributed by atoms with Gasteiger partial charge in [-0.25, -0.2) is 13.6 Å². The number of carbonyl (C=O) groups is 1. The van der Waals surface area contributed by atoms with Crippen molar-refractivity contribution >= 4 is 23.6 Å². The maximum Gasteiger partial charge on any atom is 0.405 e. The van der Waals surface area contributed by atoms with Gasteiger partial charge in [-0.05, 0) is 44.6 Å². The van der Waals surface area contributed by atoms with Gasteiger partial charge in [-0.2, -0.15) is 18.3 Å². The summed E-state index contributed by atoms with van der Waals surface area (Å²) in [6, 6.07) is 0.795. The van der Waals surface area contributed by atoms with E-state index in [1.165, 1.54) is 49.0 Å². The highest BCUT2D eigenvalue weighted by atomic mass is 19.4. The number of aliphatic hydroxyl groups is 1. The lowest BCUT2D eigenvalue weighted by molar-refractivity contribution is -0.145. The number of carbonyl (C=O) groups excluding carboxylic acids is 1. The van der Waals surface area contributed by atoms with E-state index >= 15 is 0 Å². The van der Waals surface area contributed by atoms with E-state index in [0.29, 0.717) is 25.7 Å². The van der Waals surface area contributed by atoms with Crippen LogP contribution in [0.4, 0.5) is 38.1 Å². The van der Waals surface area contributed by atoms with Gasteiger partial charge in [0, 0.05) is 35.7 Å².